The number of pyridine rings is 1. The zero-order valence-electron chi connectivity index (χ0n) is 24.4. The third-order valence-corrected chi connectivity index (χ3v) is 8.21. The van der Waals surface area contributed by atoms with Crippen LogP contribution in [-0.4, -0.2) is 39.4 Å². The molecule has 2 aromatic rings. The molecule has 1 aromatic carbocycles. The molecule has 1 aromatic heterocycles. The fourth-order valence-electron chi connectivity index (χ4n) is 4.53. The number of halogens is 1. The summed E-state index contributed by atoms with van der Waals surface area (Å²) in [4.78, 5) is 29.4. The van der Waals surface area contributed by atoms with E-state index in [9.17, 15) is 14.7 Å². The van der Waals surface area contributed by atoms with Gasteiger partial charge >= 0.3 is 5.97 Å². The van der Waals surface area contributed by atoms with Crippen LogP contribution in [0.2, 0.25) is 5.02 Å². The first-order valence-electron chi connectivity index (χ1n) is 13.6. The van der Waals surface area contributed by atoms with Crippen LogP contribution < -0.4 is 10.1 Å². The van der Waals surface area contributed by atoms with Crippen LogP contribution in [0.3, 0.4) is 0 Å². The molecule has 1 fully saturated rings. The zero-order chi connectivity index (χ0) is 29.7. The Hall–Kier alpha value is -2.77. The number of thioether (sulfide) groups is 1. The molecule has 1 amide bonds. The predicted molar refractivity (Wildman–Crippen MR) is 165 cm³/mol. The molecule has 1 unspecified atom stereocenters. The highest BCUT2D eigenvalue weighted by atomic mass is 35.5. The van der Waals surface area contributed by atoms with Crippen molar-refractivity contribution < 1.29 is 19.4 Å². The van der Waals surface area contributed by atoms with Gasteiger partial charge in [-0.3, -0.25) is 9.59 Å². The van der Waals surface area contributed by atoms with Gasteiger partial charge in [0, 0.05) is 33.4 Å². The second-order valence-corrected chi connectivity index (χ2v) is 14.5. The fraction of sp³-hybridized carbons (Fsp3) is 0.469. The van der Waals surface area contributed by atoms with Gasteiger partial charge in [0.25, 0.3) is 0 Å². The molecule has 40 heavy (non-hydrogen) atoms. The molecule has 2 N–H and O–H groups in total. The lowest BCUT2D eigenvalue weighted by molar-refractivity contribution is -0.146. The molecule has 216 valence electrons. The van der Waals surface area contributed by atoms with Crippen molar-refractivity contribution >= 4 is 40.1 Å². The highest BCUT2D eigenvalue weighted by molar-refractivity contribution is 8.09. The monoisotopic (exact) mass is 584 g/mol. The van der Waals surface area contributed by atoms with Gasteiger partial charge in [0.05, 0.1) is 11.5 Å². The third kappa shape index (κ3) is 9.41. The Balaban J connectivity index is 2.03. The molecule has 0 bridgehead atoms. The molecule has 6 nitrogen and oxygen atoms in total. The molecular weight excluding hydrogens is 544 g/mol. The quantitative estimate of drug-likeness (QED) is 0.249. The van der Waals surface area contributed by atoms with Crippen molar-refractivity contribution in [1.82, 2.24) is 10.3 Å². The van der Waals surface area contributed by atoms with E-state index in [1.165, 1.54) is 0 Å². The number of allylic oxidation sites excluding steroid dienone is 2. The molecular formula is C32H41ClN2O4S. The molecule has 0 saturated carbocycles. The number of amides is 1. The summed E-state index contributed by atoms with van der Waals surface area (Å²) < 4.78 is 5.88. The number of carboxylic acids is 1. The SMILES string of the molecule is C=C(C/C(CC(C)(C)C(=O)O)=C(/SC(C)(C)C)c1cc(OCC2CCC(=O)N2)ncc1C)Cc1ccc(Cl)cc1. The summed E-state index contributed by atoms with van der Waals surface area (Å²) in [6, 6.07) is 9.64. The molecule has 1 aliphatic heterocycles. The van der Waals surface area contributed by atoms with Crippen LogP contribution in [0.1, 0.15) is 77.0 Å². The lowest BCUT2D eigenvalue weighted by atomic mass is 9.82. The van der Waals surface area contributed by atoms with E-state index in [2.05, 4.69) is 37.7 Å². The van der Waals surface area contributed by atoms with E-state index < -0.39 is 11.4 Å². The number of aromatic nitrogens is 1. The van der Waals surface area contributed by atoms with Gasteiger partial charge < -0.3 is 15.2 Å². The number of ether oxygens (including phenoxy) is 1. The number of carboxylic acid groups (broad SMARTS) is 1. The predicted octanol–water partition coefficient (Wildman–Crippen LogP) is 7.63. The van der Waals surface area contributed by atoms with E-state index >= 15 is 0 Å². The van der Waals surface area contributed by atoms with Crippen molar-refractivity contribution in [3.05, 3.63) is 76.0 Å². The number of nitrogens with zero attached hydrogens (tertiary/aromatic N) is 1. The molecule has 0 aliphatic carbocycles. The number of aryl methyl sites for hydroxylation is 1. The first kappa shape index (κ1) is 31.8. The Kier molecular flexibility index (Phi) is 10.5. The van der Waals surface area contributed by atoms with Gasteiger partial charge in [0.1, 0.15) is 6.61 Å². The number of rotatable bonds is 12. The second kappa shape index (κ2) is 13.3. The summed E-state index contributed by atoms with van der Waals surface area (Å²) in [5.41, 5.74) is 4.09. The maximum atomic E-state index is 12.2. The minimum Gasteiger partial charge on any atom is -0.481 e. The van der Waals surface area contributed by atoms with Crippen LogP contribution in [0.5, 0.6) is 5.88 Å². The Morgan fingerprint density at radius 1 is 1.23 bits per heavy atom. The standard InChI is InChI=1S/C32H41ClN2O4S/c1-20(14-22-8-10-24(33)11-9-22)15-23(17-32(6,7)30(37)38)29(40-31(3,4)5)26-16-28(34-18-21(26)2)39-19-25-12-13-27(36)35-25/h8-11,16,18,25H,1,12-15,17,19H2,2-7H3,(H,35,36)(H,37,38)/b29-23-. The molecule has 0 spiro atoms. The van der Waals surface area contributed by atoms with Crippen LogP contribution in [0.15, 0.2) is 54.3 Å². The average molecular weight is 585 g/mol. The number of aliphatic carboxylic acids is 1. The van der Waals surface area contributed by atoms with Gasteiger partial charge in [-0.1, -0.05) is 62.2 Å². The summed E-state index contributed by atoms with van der Waals surface area (Å²) in [7, 11) is 0. The maximum absolute atomic E-state index is 12.2. The average Bonchev–Trinajstić information content (AvgIpc) is 3.27. The van der Waals surface area contributed by atoms with Gasteiger partial charge in [0.15, 0.2) is 0 Å². The minimum absolute atomic E-state index is 0.0267. The molecule has 1 saturated heterocycles. The van der Waals surface area contributed by atoms with Crippen LogP contribution in [-0.2, 0) is 16.0 Å². The Bertz CT molecular complexity index is 1280. The van der Waals surface area contributed by atoms with Crippen molar-refractivity contribution in [1.29, 1.82) is 0 Å². The van der Waals surface area contributed by atoms with Gasteiger partial charge in [-0.15, -0.1) is 11.8 Å². The van der Waals surface area contributed by atoms with Gasteiger partial charge in [-0.25, -0.2) is 4.98 Å². The topological polar surface area (TPSA) is 88.5 Å². The van der Waals surface area contributed by atoms with Crippen molar-refractivity contribution in [3.8, 4) is 5.88 Å². The van der Waals surface area contributed by atoms with Crippen molar-refractivity contribution in [2.45, 2.75) is 84.4 Å². The van der Waals surface area contributed by atoms with Crippen molar-refractivity contribution in [2.24, 2.45) is 5.41 Å². The number of carbonyl (C=O) groups is 2. The van der Waals surface area contributed by atoms with E-state index in [1.807, 2.05) is 37.3 Å². The number of nitrogens with one attached hydrogen (secondary N) is 1. The molecule has 0 radical (unpaired) electrons. The van der Waals surface area contributed by atoms with Crippen LogP contribution in [0.25, 0.3) is 4.91 Å². The van der Waals surface area contributed by atoms with Crippen LogP contribution in [0, 0.1) is 12.3 Å². The summed E-state index contributed by atoms with van der Waals surface area (Å²) in [5, 5.41) is 13.6. The molecule has 3 rings (SSSR count). The van der Waals surface area contributed by atoms with Gasteiger partial charge in [-0.2, -0.15) is 0 Å². The van der Waals surface area contributed by atoms with E-state index in [0.29, 0.717) is 43.2 Å². The molecule has 1 aliphatic rings. The normalized spacial score (nSPS) is 16.4. The molecule has 8 heteroatoms. The van der Waals surface area contributed by atoms with Gasteiger partial charge in [0.2, 0.25) is 11.8 Å². The summed E-state index contributed by atoms with van der Waals surface area (Å²) in [6.07, 6.45) is 4.64. The highest BCUT2D eigenvalue weighted by Crippen LogP contribution is 2.45. The lowest BCUT2D eigenvalue weighted by Gasteiger charge is -2.28. The van der Waals surface area contributed by atoms with Crippen molar-refractivity contribution in [2.75, 3.05) is 6.61 Å². The van der Waals surface area contributed by atoms with Crippen LogP contribution >= 0.6 is 23.4 Å². The van der Waals surface area contributed by atoms with Crippen LogP contribution in [0.4, 0.5) is 0 Å². The maximum Gasteiger partial charge on any atom is 0.309 e. The van der Waals surface area contributed by atoms with E-state index in [1.54, 1.807) is 31.8 Å². The molecule has 1 atom stereocenters. The van der Waals surface area contributed by atoms with Crippen molar-refractivity contribution in [3.63, 3.8) is 0 Å². The van der Waals surface area contributed by atoms with E-state index in [-0.39, 0.29) is 16.7 Å². The Morgan fingerprint density at radius 3 is 2.48 bits per heavy atom. The Labute approximate surface area is 247 Å². The third-order valence-electron chi connectivity index (χ3n) is 6.63. The fourth-order valence-corrected chi connectivity index (χ4v) is 5.88. The largest absolute Gasteiger partial charge is 0.481 e. The second-order valence-electron chi connectivity index (χ2n) is 12.2. The smallest absolute Gasteiger partial charge is 0.309 e. The lowest BCUT2D eigenvalue weighted by Crippen LogP contribution is -2.31. The summed E-state index contributed by atoms with van der Waals surface area (Å²) in [5.74, 6) is -0.324. The number of benzene rings is 1. The summed E-state index contributed by atoms with van der Waals surface area (Å²) in [6.45, 7) is 16.7. The highest BCUT2D eigenvalue weighted by Gasteiger charge is 2.31. The first-order valence-corrected chi connectivity index (χ1v) is 14.8. The van der Waals surface area contributed by atoms with Gasteiger partial charge in [-0.05, 0) is 75.3 Å². The zero-order valence-corrected chi connectivity index (χ0v) is 26.0. The summed E-state index contributed by atoms with van der Waals surface area (Å²) >= 11 is 7.80. The Morgan fingerprint density at radius 2 is 1.90 bits per heavy atom. The van der Waals surface area contributed by atoms with E-state index in [0.717, 1.165) is 39.2 Å². The number of hydrogen-bond acceptors (Lipinski definition) is 5. The first-order chi connectivity index (χ1) is 18.6. The minimum atomic E-state index is -0.972. The number of hydrogen-bond donors (Lipinski definition) is 2. The molecule has 2 heterocycles. The number of carbonyl (C=O) groups excluding carboxylic acids is 1. The van der Waals surface area contributed by atoms with E-state index in [4.69, 9.17) is 16.3 Å².